The molecule has 4 heteroatoms. The molecule has 0 saturated carbocycles. The molecular formula is C10H16N2OS. The zero-order chi connectivity index (χ0) is 10.0. The molecule has 1 N–H and O–H groups in total. The summed E-state index contributed by atoms with van der Waals surface area (Å²) < 4.78 is 5.38. The van der Waals surface area contributed by atoms with Crippen LogP contribution in [0, 0.1) is 6.92 Å². The molecule has 0 radical (unpaired) electrons. The lowest BCUT2D eigenvalue weighted by atomic mass is 10.0. The van der Waals surface area contributed by atoms with Gasteiger partial charge in [0.25, 0.3) is 0 Å². The van der Waals surface area contributed by atoms with E-state index in [4.69, 9.17) is 4.74 Å². The van der Waals surface area contributed by atoms with Gasteiger partial charge < -0.3 is 10.1 Å². The van der Waals surface area contributed by atoms with Crippen molar-refractivity contribution in [2.75, 3.05) is 13.2 Å². The Balaban J connectivity index is 1.87. The quantitative estimate of drug-likeness (QED) is 0.828. The molecule has 0 bridgehead atoms. The molecule has 1 atom stereocenters. The highest BCUT2D eigenvalue weighted by atomic mass is 32.1. The first kappa shape index (κ1) is 10.1. The maximum absolute atomic E-state index is 5.38. The van der Waals surface area contributed by atoms with Gasteiger partial charge in [-0.3, -0.25) is 0 Å². The van der Waals surface area contributed by atoms with Gasteiger partial charge in [0, 0.05) is 29.8 Å². The number of thiazole rings is 1. The molecule has 1 fully saturated rings. The zero-order valence-electron chi connectivity index (χ0n) is 8.67. The van der Waals surface area contributed by atoms with Gasteiger partial charge in [-0.25, -0.2) is 4.98 Å². The smallest absolute Gasteiger partial charge is 0.0897 e. The zero-order valence-corrected chi connectivity index (χ0v) is 9.49. The van der Waals surface area contributed by atoms with E-state index >= 15 is 0 Å². The Labute approximate surface area is 88.5 Å². The van der Waals surface area contributed by atoms with Crippen LogP contribution < -0.4 is 5.32 Å². The largest absolute Gasteiger partial charge is 0.379 e. The number of rotatable bonds is 3. The number of hydrogen-bond acceptors (Lipinski definition) is 4. The molecule has 78 valence electrons. The molecule has 0 aliphatic carbocycles. The van der Waals surface area contributed by atoms with Crippen molar-refractivity contribution in [3.8, 4) is 0 Å². The summed E-state index contributed by atoms with van der Waals surface area (Å²) in [5.41, 5.74) is 0.165. The number of aryl methyl sites for hydroxylation is 1. The van der Waals surface area contributed by atoms with Crippen molar-refractivity contribution in [1.82, 2.24) is 10.3 Å². The first-order chi connectivity index (χ1) is 6.68. The predicted octanol–water partition coefficient (Wildman–Crippen LogP) is 1.72. The highest BCUT2D eigenvalue weighted by Crippen LogP contribution is 2.19. The molecule has 2 heterocycles. The topological polar surface area (TPSA) is 34.2 Å². The van der Waals surface area contributed by atoms with E-state index in [9.17, 15) is 0 Å². The van der Waals surface area contributed by atoms with Crippen LogP contribution in [0.3, 0.4) is 0 Å². The minimum atomic E-state index is 0.165. The van der Waals surface area contributed by atoms with Crippen LogP contribution in [-0.4, -0.2) is 23.7 Å². The molecule has 1 saturated heterocycles. The van der Waals surface area contributed by atoms with Gasteiger partial charge >= 0.3 is 0 Å². The summed E-state index contributed by atoms with van der Waals surface area (Å²) in [6.45, 7) is 6.86. The Morgan fingerprint density at radius 1 is 1.71 bits per heavy atom. The molecule has 1 aromatic heterocycles. The molecule has 1 aromatic rings. The second-order valence-corrected chi connectivity index (χ2v) is 5.38. The summed E-state index contributed by atoms with van der Waals surface area (Å²) >= 11 is 1.76. The summed E-state index contributed by atoms with van der Waals surface area (Å²) in [5.74, 6) is 0. The minimum Gasteiger partial charge on any atom is -0.379 e. The summed E-state index contributed by atoms with van der Waals surface area (Å²) in [6, 6.07) is 0. The lowest BCUT2D eigenvalue weighted by Gasteiger charge is -2.22. The summed E-state index contributed by atoms with van der Waals surface area (Å²) in [4.78, 5) is 5.53. The van der Waals surface area contributed by atoms with Crippen molar-refractivity contribution in [2.45, 2.75) is 32.4 Å². The highest BCUT2D eigenvalue weighted by Gasteiger charge is 2.28. The Bertz CT molecular complexity index is 305. The van der Waals surface area contributed by atoms with Crippen LogP contribution >= 0.6 is 11.3 Å². The first-order valence-corrected chi connectivity index (χ1v) is 5.74. The fourth-order valence-electron chi connectivity index (χ4n) is 1.59. The number of hydrogen-bond donors (Lipinski definition) is 1. The summed E-state index contributed by atoms with van der Waals surface area (Å²) in [6.07, 6.45) is 3.05. The van der Waals surface area contributed by atoms with Crippen LogP contribution in [0.1, 0.15) is 23.2 Å². The number of ether oxygens (including phenoxy) is 1. The molecule has 3 nitrogen and oxygen atoms in total. The van der Waals surface area contributed by atoms with E-state index in [0.717, 1.165) is 31.2 Å². The van der Waals surface area contributed by atoms with Crippen molar-refractivity contribution in [1.29, 1.82) is 0 Å². The van der Waals surface area contributed by atoms with Crippen LogP contribution in [0.4, 0.5) is 0 Å². The lowest BCUT2D eigenvalue weighted by molar-refractivity contribution is 0.171. The number of nitrogens with zero attached hydrogens (tertiary/aromatic N) is 1. The van der Waals surface area contributed by atoms with Crippen molar-refractivity contribution in [2.24, 2.45) is 0 Å². The fourth-order valence-corrected chi connectivity index (χ4v) is 2.33. The monoisotopic (exact) mass is 212 g/mol. The van der Waals surface area contributed by atoms with E-state index in [1.165, 1.54) is 4.88 Å². The second-order valence-electron chi connectivity index (χ2n) is 4.06. The van der Waals surface area contributed by atoms with Gasteiger partial charge in [-0.2, -0.15) is 0 Å². The van der Waals surface area contributed by atoms with Crippen LogP contribution in [0.15, 0.2) is 6.20 Å². The molecule has 1 unspecified atom stereocenters. The van der Waals surface area contributed by atoms with Crippen molar-refractivity contribution in [3.05, 3.63) is 16.1 Å². The van der Waals surface area contributed by atoms with Crippen molar-refractivity contribution < 1.29 is 4.74 Å². The second kappa shape index (κ2) is 3.96. The van der Waals surface area contributed by atoms with E-state index in [2.05, 4.69) is 17.2 Å². The molecule has 1 aliphatic rings. The maximum Gasteiger partial charge on any atom is 0.0897 e. The highest BCUT2D eigenvalue weighted by molar-refractivity contribution is 7.11. The Morgan fingerprint density at radius 2 is 2.57 bits per heavy atom. The summed E-state index contributed by atoms with van der Waals surface area (Å²) in [7, 11) is 0. The van der Waals surface area contributed by atoms with E-state index in [1.54, 1.807) is 11.3 Å². The van der Waals surface area contributed by atoms with Crippen molar-refractivity contribution >= 4 is 11.3 Å². The standard InChI is InChI=1S/C10H16N2OS/c1-8-11-5-9(14-8)6-12-10(2)3-4-13-7-10/h5,12H,3-4,6-7H2,1-2H3. The average Bonchev–Trinajstić information content (AvgIpc) is 2.73. The van der Waals surface area contributed by atoms with Gasteiger partial charge in [0.15, 0.2) is 0 Å². The van der Waals surface area contributed by atoms with E-state index < -0.39 is 0 Å². The lowest BCUT2D eigenvalue weighted by Crippen LogP contribution is -2.42. The third-order valence-electron chi connectivity index (χ3n) is 2.58. The molecule has 0 aromatic carbocycles. The molecule has 14 heavy (non-hydrogen) atoms. The third-order valence-corrected chi connectivity index (χ3v) is 3.49. The van der Waals surface area contributed by atoms with Gasteiger partial charge in [0.2, 0.25) is 0 Å². The number of nitrogens with one attached hydrogen (secondary N) is 1. The Hall–Kier alpha value is -0.450. The van der Waals surface area contributed by atoms with Gasteiger partial charge in [-0.1, -0.05) is 0 Å². The van der Waals surface area contributed by atoms with Gasteiger partial charge in [0.05, 0.1) is 11.6 Å². The number of aromatic nitrogens is 1. The van der Waals surface area contributed by atoms with Gasteiger partial charge in [0.1, 0.15) is 0 Å². The van der Waals surface area contributed by atoms with Crippen LogP contribution in [-0.2, 0) is 11.3 Å². The Morgan fingerprint density at radius 3 is 3.14 bits per heavy atom. The molecular weight excluding hydrogens is 196 g/mol. The summed E-state index contributed by atoms with van der Waals surface area (Å²) in [5, 5.41) is 4.67. The van der Waals surface area contributed by atoms with Crippen molar-refractivity contribution in [3.63, 3.8) is 0 Å². The molecule has 2 rings (SSSR count). The Kier molecular flexibility index (Phi) is 2.85. The molecule has 0 amide bonds. The van der Waals surface area contributed by atoms with Crippen LogP contribution in [0.5, 0.6) is 0 Å². The first-order valence-electron chi connectivity index (χ1n) is 4.92. The fraction of sp³-hybridized carbons (Fsp3) is 0.700. The van der Waals surface area contributed by atoms with E-state index in [1.807, 2.05) is 13.1 Å². The maximum atomic E-state index is 5.38. The van der Waals surface area contributed by atoms with Crippen LogP contribution in [0.2, 0.25) is 0 Å². The van der Waals surface area contributed by atoms with Gasteiger partial charge in [-0.15, -0.1) is 11.3 Å². The van der Waals surface area contributed by atoms with E-state index in [-0.39, 0.29) is 5.54 Å². The molecule has 1 aliphatic heterocycles. The normalized spacial score (nSPS) is 27.0. The van der Waals surface area contributed by atoms with Gasteiger partial charge in [-0.05, 0) is 20.3 Å². The predicted molar refractivity (Wildman–Crippen MR) is 57.5 cm³/mol. The van der Waals surface area contributed by atoms with E-state index in [0.29, 0.717) is 0 Å². The SMILES string of the molecule is Cc1ncc(CNC2(C)CCOC2)s1. The average molecular weight is 212 g/mol. The van der Waals surface area contributed by atoms with Crippen LogP contribution in [0.25, 0.3) is 0 Å². The molecule has 0 spiro atoms. The third kappa shape index (κ3) is 2.32. The minimum absolute atomic E-state index is 0.165.